The summed E-state index contributed by atoms with van der Waals surface area (Å²) in [5, 5.41) is 0. The van der Waals surface area contributed by atoms with Crippen LogP contribution in [0.2, 0.25) is 0 Å². The van der Waals surface area contributed by atoms with E-state index >= 15 is 0 Å². The maximum Gasteiger partial charge on any atom is 0.155 e. The number of allylic oxidation sites excluding steroid dienone is 4. The van der Waals surface area contributed by atoms with Gasteiger partial charge in [0.05, 0.1) is 0 Å². The summed E-state index contributed by atoms with van der Waals surface area (Å²) >= 11 is 0. The van der Waals surface area contributed by atoms with Gasteiger partial charge in [0.15, 0.2) is 5.78 Å². The first kappa shape index (κ1) is 15.3. The highest BCUT2D eigenvalue weighted by Crippen LogP contribution is 2.63. The Morgan fingerprint density at radius 1 is 1.30 bits per heavy atom. The monoisotopic (exact) mass is 308 g/mol. The van der Waals surface area contributed by atoms with Crippen LogP contribution in [0.3, 0.4) is 0 Å². The molecule has 0 saturated heterocycles. The maximum absolute atomic E-state index is 11.8. The first-order valence-corrected chi connectivity index (χ1v) is 9.41. The van der Waals surface area contributed by atoms with Crippen molar-refractivity contribution in [1.29, 1.82) is 0 Å². The van der Waals surface area contributed by atoms with Gasteiger partial charge in [0.1, 0.15) is 0 Å². The third-order valence-electron chi connectivity index (χ3n) is 7.48. The average molecular weight is 308 g/mol. The topological polar surface area (TPSA) is 17.1 Å². The van der Waals surface area contributed by atoms with Crippen molar-refractivity contribution in [3.8, 4) is 11.8 Å². The van der Waals surface area contributed by atoms with Gasteiger partial charge in [0.25, 0.3) is 0 Å². The van der Waals surface area contributed by atoms with Crippen LogP contribution in [0.1, 0.15) is 59.3 Å². The molecule has 0 heterocycles. The molecule has 0 amide bonds. The molecule has 0 bridgehead atoms. The smallest absolute Gasteiger partial charge is 0.155 e. The molecule has 6 atom stereocenters. The average Bonchev–Trinajstić information content (AvgIpc) is 2.84. The van der Waals surface area contributed by atoms with E-state index in [0.29, 0.717) is 23.0 Å². The number of carbonyl (C=O) groups excluding carboxylic acids is 1. The van der Waals surface area contributed by atoms with Crippen LogP contribution >= 0.6 is 0 Å². The number of rotatable bonds is 0. The number of ketones is 1. The van der Waals surface area contributed by atoms with E-state index in [1.807, 2.05) is 13.0 Å². The van der Waals surface area contributed by atoms with E-state index in [-0.39, 0.29) is 0 Å². The van der Waals surface area contributed by atoms with Crippen molar-refractivity contribution >= 4 is 5.78 Å². The third-order valence-corrected chi connectivity index (χ3v) is 7.48. The van der Waals surface area contributed by atoms with Crippen LogP contribution in [0, 0.1) is 46.8 Å². The summed E-state index contributed by atoms with van der Waals surface area (Å²) in [6, 6.07) is 0. The Morgan fingerprint density at radius 3 is 2.91 bits per heavy atom. The normalized spacial score (nSPS) is 45.0. The van der Waals surface area contributed by atoms with E-state index in [0.717, 1.165) is 37.0 Å². The molecule has 1 heteroatoms. The number of hydrogen-bond donors (Lipinski definition) is 0. The van der Waals surface area contributed by atoms with Crippen molar-refractivity contribution in [1.82, 2.24) is 0 Å². The minimum Gasteiger partial charge on any atom is -0.295 e. The molecular weight excluding hydrogens is 280 g/mol. The van der Waals surface area contributed by atoms with Crippen molar-refractivity contribution in [2.75, 3.05) is 0 Å². The lowest BCUT2D eigenvalue weighted by atomic mass is 9.49. The molecule has 6 unspecified atom stereocenters. The van der Waals surface area contributed by atoms with Gasteiger partial charge in [-0.25, -0.2) is 0 Å². The van der Waals surface area contributed by atoms with Gasteiger partial charge >= 0.3 is 0 Å². The Hall–Kier alpha value is -1.29. The zero-order chi connectivity index (χ0) is 16.2. The molecule has 0 aromatic rings. The Balaban J connectivity index is 1.67. The second-order valence-electron chi connectivity index (χ2n) is 8.54. The summed E-state index contributed by atoms with van der Waals surface area (Å²) in [5.74, 6) is 10.7. The van der Waals surface area contributed by atoms with Crippen LogP contribution in [0.15, 0.2) is 23.3 Å². The fourth-order valence-electron chi connectivity index (χ4n) is 6.49. The predicted octanol–water partition coefficient (Wildman–Crippen LogP) is 4.93. The summed E-state index contributed by atoms with van der Waals surface area (Å²) in [4.78, 5) is 11.8. The minimum absolute atomic E-state index is 0.310. The van der Waals surface area contributed by atoms with Gasteiger partial charge in [-0.3, -0.25) is 4.79 Å². The Labute approximate surface area is 140 Å². The molecule has 23 heavy (non-hydrogen) atoms. The number of fused-ring (bicyclic) bond motifs is 5. The summed E-state index contributed by atoms with van der Waals surface area (Å²) in [7, 11) is 0. The minimum atomic E-state index is 0.310. The number of carbonyl (C=O) groups is 1. The lowest BCUT2D eigenvalue weighted by Gasteiger charge is -2.55. The molecule has 0 aromatic heterocycles. The molecule has 122 valence electrons. The van der Waals surface area contributed by atoms with Crippen molar-refractivity contribution < 1.29 is 4.79 Å². The highest BCUT2D eigenvalue weighted by Gasteiger charge is 2.55. The van der Waals surface area contributed by atoms with E-state index < -0.39 is 0 Å². The molecule has 0 N–H and O–H groups in total. The Kier molecular flexibility index (Phi) is 3.56. The van der Waals surface area contributed by atoms with E-state index in [2.05, 4.69) is 31.8 Å². The molecule has 4 aliphatic rings. The molecular formula is C22H28O. The van der Waals surface area contributed by atoms with Gasteiger partial charge in [-0.05, 0) is 74.7 Å². The summed E-state index contributed by atoms with van der Waals surface area (Å²) in [6.07, 6.45) is 11.3. The van der Waals surface area contributed by atoms with Crippen LogP contribution in [0.5, 0.6) is 0 Å². The first-order chi connectivity index (χ1) is 11.0. The lowest BCUT2D eigenvalue weighted by molar-refractivity contribution is -0.116. The predicted molar refractivity (Wildman–Crippen MR) is 93.6 cm³/mol. The lowest BCUT2D eigenvalue weighted by Crippen LogP contribution is -2.48. The first-order valence-electron chi connectivity index (χ1n) is 9.41. The molecule has 0 aliphatic heterocycles. The summed E-state index contributed by atoms with van der Waals surface area (Å²) in [5.41, 5.74) is 3.21. The highest BCUT2D eigenvalue weighted by atomic mass is 16.1. The van der Waals surface area contributed by atoms with Crippen LogP contribution in [0.4, 0.5) is 0 Å². The second-order valence-corrected chi connectivity index (χ2v) is 8.54. The fourth-order valence-corrected chi connectivity index (χ4v) is 6.49. The van der Waals surface area contributed by atoms with Gasteiger partial charge in [-0.2, -0.15) is 0 Å². The largest absolute Gasteiger partial charge is 0.295 e. The molecule has 2 saturated carbocycles. The fraction of sp³-hybridized carbons (Fsp3) is 0.682. The highest BCUT2D eigenvalue weighted by molar-refractivity contribution is 5.91. The standard InChI is InChI=1S/C22H28O/c1-4-5-16-6-9-20-21-14(2)12-15-13-17(23)7-8-18(15)19(21)10-11-22(16,20)3/h6,13-14,18-21H,7-12H2,1-3H3. The zero-order valence-corrected chi connectivity index (χ0v) is 14.7. The van der Waals surface area contributed by atoms with E-state index in [1.165, 1.54) is 30.4 Å². The van der Waals surface area contributed by atoms with E-state index in [4.69, 9.17) is 0 Å². The molecule has 0 spiro atoms. The van der Waals surface area contributed by atoms with Crippen molar-refractivity contribution in [2.24, 2.45) is 35.0 Å². The number of hydrogen-bond acceptors (Lipinski definition) is 1. The van der Waals surface area contributed by atoms with Gasteiger partial charge in [-0.1, -0.05) is 31.4 Å². The summed E-state index contributed by atoms with van der Waals surface area (Å²) < 4.78 is 0. The second kappa shape index (κ2) is 5.37. The van der Waals surface area contributed by atoms with Crippen molar-refractivity contribution in [2.45, 2.75) is 59.3 Å². The van der Waals surface area contributed by atoms with Gasteiger partial charge in [-0.15, -0.1) is 5.92 Å². The van der Waals surface area contributed by atoms with Gasteiger partial charge < -0.3 is 0 Å². The third kappa shape index (κ3) is 2.18. The zero-order valence-electron chi connectivity index (χ0n) is 14.7. The SMILES string of the molecule is CC#CC1=CCC2C3C(C)CC4=CC(=O)CCC4C3CCC12C. The van der Waals surface area contributed by atoms with Crippen LogP contribution < -0.4 is 0 Å². The quantitative estimate of drug-likeness (QED) is 0.580. The summed E-state index contributed by atoms with van der Waals surface area (Å²) in [6.45, 7) is 6.87. The Morgan fingerprint density at radius 2 is 2.13 bits per heavy atom. The molecule has 0 radical (unpaired) electrons. The van der Waals surface area contributed by atoms with Crippen LogP contribution in [-0.4, -0.2) is 5.78 Å². The van der Waals surface area contributed by atoms with Crippen LogP contribution in [0.25, 0.3) is 0 Å². The molecule has 4 rings (SSSR count). The maximum atomic E-state index is 11.8. The van der Waals surface area contributed by atoms with Crippen molar-refractivity contribution in [3.05, 3.63) is 23.3 Å². The van der Waals surface area contributed by atoms with E-state index in [1.54, 1.807) is 0 Å². The molecule has 4 aliphatic carbocycles. The van der Waals surface area contributed by atoms with Gasteiger partial charge in [0, 0.05) is 17.4 Å². The van der Waals surface area contributed by atoms with E-state index in [9.17, 15) is 4.79 Å². The van der Waals surface area contributed by atoms with Crippen LogP contribution in [-0.2, 0) is 4.79 Å². The molecule has 2 fully saturated rings. The molecule has 1 nitrogen and oxygen atoms in total. The van der Waals surface area contributed by atoms with Crippen molar-refractivity contribution in [3.63, 3.8) is 0 Å². The molecule has 0 aromatic carbocycles. The Bertz CT molecular complexity index is 655. The van der Waals surface area contributed by atoms with Gasteiger partial charge in [0.2, 0.25) is 0 Å².